The topological polar surface area (TPSA) is 37.3 Å². The maximum atomic E-state index is 10.3. The van der Waals surface area contributed by atoms with E-state index in [1.165, 1.54) is 77.0 Å². The lowest BCUT2D eigenvalue weighted by Gasteiger charge is -2.02. The van der Waals surface area contributed by atoms with Crippen LogP contribution in [0, 0.1) is 0 Å². The van der Waals surface area contributed by atoms with Crippen molar-refractivity contribution in [2.45, 2.75) is 96.8 Å². The van der Waals surface area contributed by atoms with Crippen LogP contribution in [0.5, 0.6) is 0 Å². The van der Waals surface area contributed by atoms with E-state index < -0.39 is 5.97 Å². The summed E-state index contributed by atoms with van der Waals surface area (Å²) in [7, 11) is 0. The fraction of sp³-hybridized carbons (Fsp3) is 0.750. The molecule has 0 aliphatic heterocycles. The molecule has 0 aliphatic carbocycles. The van der Waals surface area contributed by atoms with E-state index in [1.807, 2.05) is 12.2 Å². The number of aliphatic carboxylic acids is 1. The first-order chi connectivity index (χ1) is 10.8. The summed E-state index contributed by atoms with van der Waals surface area (Å²) in [6, 6.07) is 0. The summed E-state index contributed by atoms with van der Waals surface area (Å²) >= 11 is 0. The van der Waals surface area contributed by atoms with Crippen molar-refractivity contribution in [3.63, 3.8) is 0 Å². The molecule has 0 unspecified atom stereocenters. The summed E-state index contributed by atoms with van der Waals surface area (Å²) in [6.45, 7) is 2.27. The highest BCUT2D eigenvalue weighted by atomic mass is 16.4. The molecular formula is C20H36O2. The van der Waals surface area contributed by atoms with Crippen molar-refractivity contribution in [2.24, 2.45) is 0 Å². The van der Waals surface area contributed by atoms with Gasteiger partial charge in [0.2, 0.25) is 0 Å². The number of hydrogen-bond donors (Lipinski definition) is 1. The van der Waals surface area contributed by atoms with Crippen LogP contribution >= 0.6 is 0 Å². The molecule has 0 radical (unpaired) electrons. The molecule has 0 bridgehead atoms. The maximum absolute atomic E-state index is 10.3. The van der Waals surface area contributed by atoms with Gasteiger partial charge in [-0.2, -0.15) is 0 Å². The molecule has 0 atom stereocenters. The summed E-state index contributed by atoms with van der Waals surface area (Å²) < 4.78 is 0. The van der Waals surface area contributed by atoms with Gasteiger partial charge in [0.1, 0.15) is 0 Å². The lowest BCUT2D eigenvalue weighted by molar-refractivity contribution is -0.136. The number of carboxylic acids is 1. The largest absolute Gasteiger partial charge is 0.481 e. The molecule has 22 heavy (non-hydrogen) atoms. The summed E-state index contributed by atoms with van der Waals surface area (Å²) in [5.41, 5.74) is 0. The van der Waals surface area contributed by atoms with E-state index in [1.54, 1.807) is 6.08 Å². The maximum Gasteiger partial charge on any atom is 0.307 e. The van der Waals surface area contributed by atoms with E-state index in [0.29, 0.717) is 0 Å². The van der Waals surface area contributed by atoms with E-state index in [2.05, 4.69) is 13.0 Å². The van der Waals surface area contributed by atoms with Crippen molar-refractivity contribution < 1.29 is 9.90 Å². The van der Waals surface area contributed by atoms with Crippen LogP contribution in [0.2, 0.25) is 0 Å². The Bertz CT molecular complexity index is 292. The minimum Gasteiger partial charge on any atom is -0.481 e. The second-order valence-electron chi connectivity index (χ2n) is 6.13. The second kappa shape index (κ2) is 18.0. The van der Waals surface area contributed by atoms with Gasteiger partial charge in [-0.25, -0.2) is 0 Å². The van der Waals surface area contributed by atoms with Crippen LogP contribution in [0.1, 0.15) is 96.8 Å². The molecule has 0 saturated heterocycles. The number of unbranched alkanes of at least 4 members (excludes halogenated alkanes) is 12. The third kappa shape index (κ3) is 18.9. The van der Waals surface area contributed by atoms with Crippen LogP contribution in [0.25, 0.3) is 0 Å². The zero-order chi connectivity index (χ0) is 16.3. The Morgan fingerprint density at radius 2 is 1.18 bits per heavy atom. The summed E-state index contributed by atoms with van der Waals surface area (Å²) in [4.78, 5) is 10.3. The van der Waals surface area contributed by atoms with Crippen LogP contribution < -0.4 is 0 Å². The summed E-state index contributed by atoms with van der Waals surface area (Å²) in [6.07, 6.45) is 25.4. The van der Waals surface area contributed by atoms with Gasteiger partial charge < -0.3 is 5.11 Å². The van der Waals surface area contributed by atoms with Gasteiger partial charge in [0.05, 0.1) is 6.42 Å². The molecule has 128 valence electrons. The lowest BCUT2D eigenvalue weighted by atomic mass is 10.0. The van der Waals surface area contributed by atoms with Gasteiger partial charge in [0, 0.05) is 0 Å². The predicted octanol–water partition coefficient (Wildman–Crippen LogP) is 6.66. The van der Waals surface area contributed by atoms with Gasteiger partial charge in [0.15, 0.2) is 0 Å². The minimum absolute atomic E-state index is 0.114. The number of rotatable bonds is 16. The van der Waals surface area contributed by atoms with Gasteiger partial charge in [-0.3, -0.25) is 4.79 Å². The van der Waals surface area contributed by atoms with Crippen LogP contribution in [0.4, 0.5) is 0 Å². The molecule has 0 saturated carbocycles. The monoisotopic (exact) mass is 308 g/mol. The van der Waals surface area contributed by atoms with Crippen LogP contribution in [-0.4, -0.2) is 11.1 Å². The first-order valence-electron chi connectivity index (χ1n) is 9.30. The number of carboxylic acid groups (broad SMARTS) is 1. The third-order valence-electron chi connectivity index (χ3n) is 3.90. The van der Waals surface area contributed by atoms with E-state index >= 15 is 0 Å². The van der Waals surface area contributed by atoms with Crippen LogP contribution in [0.3, 0.4) is 0 Å². The molecule has 0 aromatic heterocycles. The van der Waals surface area contributed by atoms with Crippen LogP contribution in [0.15, 0.2) is 24.3 Å². The zero-order valence-electron chi connectivity index (χ0n) is 14.6. The first kappa shape index (κ1) is 20.9. The van der Waals surface area contributed by atoms with Crippen molar-refractivity contribution in [3.8, 4) is 0 Å². The average Bonchev–Trinajstić information content (AvgIpc) is 2.50. The van der Waals surface area contributed by atoms with Crippen molar-refractivity contribution in [1.82, 2.24) is 0 Å². The van der Waals surface area contributed by atoms with E-state index in [-0.39, 0.29) is 6.42 Å². The third-order valence-corrected chi connectivity index (χ3v) is 3.90. The first-order valence-corrected chi connectivity index (χ1v) is 9.30. The van der Waals surface area contributed by atoms with Crippen LogP contribution in [-0.2, 0) is 4.79 Å². The number of allylic oxidation sites excluding steroid dienone is 3. The van der Waals surface area contributed by atoms with E-state index in [4.69, 9.17) is 5.11 Å². The molecule has 0 aromatic carbocycles. The highest BCUT2D eigenvalue weighted by molar-refractivity contribution is 5.68. The molecule has 0 fully saturated rings. The van der Waals surface area contributed by atoms with Crippen molar-refractivity contribution in [2.75, 3.05) is 0 Å². The SMILES string of the molecule is CCCCCCCCCCCCCCC=CC=CCC(=O)O. The molecule has 0 heterocycles. The van der Waals surface area contributed by atoms with Crippen molar-refractivity contribution in [3.05, 3.63) is 24.3 Å². The average molecular weight is 309 g/mol. The van der Waals surface area contributed by atoms with Crippen molar-refractivity contribution >= 4 is 5.97 Å². The standard InChI is InChI=1S/C20H36O2/c1-2-3-4-5-6-7-8-9-10-11-12-13-14-15-16-17-18-19-20(21)22/h15-18H,2-14,19H2,1H3,(H,21,22). The fourth-order valence-electron chi connectivity index (χ4n) is 2.53. The summed E-state index contributed by atoms with van der Waals surface area (Å²) in [5.74, 6) is -0.773. The molecular weight excluding hydrogens is 272 g/mol. The molecule has 0 aromatic rings. The Balaban J connectivity index is 3.12. The number of hydrogen-bond acceptors (Lipinski definition) is 1. The molecule has 0 amide bonds. The van der Waals surface area contributed by atoms with Gasteiger partial charge >= 0.3 is 5.97 Å². The Morgan fingerprint density at radius 1 is 0.727 bits per heavy atom. The number of carbonyl (C=O) groups is 1. The smallest absolute Gasteiger partial charge is 0.307 e. The predicted molar refractivity (Wildman–Crippen MR) is 96.2 cm³/mol. The van der Waals surface area contributed by atoms with Gasteiger partial charge in [-0.05, 0) is 12.8 Å². The Morgan fingerprint density at radius 3 is 1.68 bits per heavy atom. The van der Waals surface area contributed by atoms with Gasteiger partial charge in [-0.1, -0.05) is 102 Å². The molecule has 2 heteroatoms. The second-order valence-corrected chi connectivity index (χ2v) is 6.13. The normalized spacial score (nSPS) is 11.7. The highest BCUT2D eigenvalue weighted by Gasteiger charge is 1.92. The lowest BCUT2D eigenvalue weighted by Crippen LogP contribution is -1.89. The molecule has 2 nitrogen and oxygen atoms in total. The minimum atomic E-state index is -0.773. The zero-order valence-corrected chi connectivity index (χ0v) is 14.6. The molecule has 0 spiro atoms. The summed E-state index contributed by atoms with van der Waals surface area (Å²) in [5, 5.41) is 8.46. The Hall–Kier alpha value is -1.05. The van der Waals surface area contributed by atoms with Crippen molar-refractivity contribution in [1.29, 1.82) is 0 Å². The molecule has 0 rings (SSSR count). The Labute approximate surface area is 137 Å². The Kier molecular flexibility index (Phi) is 17.1. The highest BCUT2D eigenvalue weighted by Crippen LogP contribution is 2.12. The quantitative estimate of drug-likeness (QED) is 0.255. The van der Waals surface area contributed by atoms with E-state index in [0.717, 1.165) is 6.42 Å². The van der Waals surface area contributed by atoms with E-state index in [9.17, 15) is 4.79 Å². The molecule has 1 N–H and O–H groups in total. The van der Waals surface area contributed by atoms with Gasteiger partial charge in [-0.15, -0.1) is 0 Å². The molecule has 0 aliphatic rings. The van der Waals surface area contributed by atoms with Gasteiger partial charge in [0.25, 0.3) is 0 Å². The fourth-order valence-corrected chi connectivity index (χ4v) is 2.53.